The summed E-state index contributed by atoms with van der Waals surface area (Å²) in [5.41, 5.74) is -0.361. The van der Waals surface area contributed by atoms with Gasteiger partial charge in [-0.15, -0.1) is 11.3 Å². The molecular weight excluding hydrogens is 413 g/mol. The molecule has 3 rings (SSSR count). The summed E-state index contributed by atoms with van der Waals surface area (Å²) in [4.78, 5) is 47.3. The maximum atomic E-state index is 13.3. The first-order valence-corrected chi connectivity index (χ1v) is 9.38. The van der Waals surface area contributed by atoms with Crippen LogP contribution in [0, 0.1) is 15.9 Å². The zero-order chi connectivity index (χ0) is 21.7. The lowest BCUT2D eigenvalue weighted by Crippen LogP contribution is -2.34. The fraction of sp³-hybridized carbons (Fsp3) is 0.0500. The van der Waals surface area contributed by atoms with E-state index >= 15 is 0 Å². The van der Waals surface area contributed by atoms with E-state index in [-0.39, 0.29) is 18.0 Å². The number of nitrogens with zero attached hydrogens (tertiary/aromatic N) is 1. The molecule has 0 aliphatic carbocycles. The number of thiophene rings is 1. The molecule has 0 atom stereocenters. The van der Waals surface area contributed by atoms with E-state index in [0.717, 1.165) is 18.2 Å². The molecular formula is C20H14FN3O5S. The molecule has 2 amide bonds. The molecule has 0 aliphatic rings. The first-order valence-electron chi connectivity index (χ1n) is 8.56. The van der Waals surface area contributed by atoms with Crippen molar-refractivity contribution < 1.29 is 23.7 Å². The SMILES string of the molecule is O=C(NCc1ccc(C(=O)c2ccccc2)s1)C(=O)Nc1ccc(F)c([N+](=O)[O-])c1. The lowest BCUT2D eigenvalue weighted by atomic mass is 10.1. The number of hydrogen-bond acceptors (Lipinski definition) is 6. The Morgan fingerprint density at radius 2 is 1.73 bits per heavy atom. The van der Waals surface area contributed by atoms with Crippen LogP contribution < -0.4 is 10.6 Å². The van der Waals surface area contributed by atoms with Crippen LogP contribution in [0.15, 0.2) is 60.7 Å². The normalized spacial score (nSPS) is 10.3. The molecule has 1 aromatic heterocycles. The summed E-state index contributed by atoms with van der Waals surface area (Å²) in [5.74, 6) is -3.24. The third kappa shape index (κ3) is 4.92. The molecule has 2 N–H and O–H groups in total. The van der Waals surface area contributed by atoms with Crippen molar-refractivity contribution in [2.45, 2.75) is 6.54 Å². The second-order valence-corrected chi connectivity index (χ2v) is 7.19. The van der Waals surface area contributed by atoms with Gasteiger partial charge in [0.15, 0.2) is 0 Å². The van der Waals surface area contributed by atoms with Crippen molar-refractivity contribution in [3.05, 3.63) is 91.9 Å². The second-order valence-electron chi connectivity index (χ2n) is 6.02. The Morgan fingerprint density at radius 3 is 2.43 bits per heavy atom. The van der Waals surface area contributed by atoms with Crippen molar-refractivity contribution in [3.63, 3.8) is 0 Å². The van der Waals surface area contributed by atoms with Gasteiger partial charge in [-0.3, -0.25) is 24.5 Å². The topological polar surface area (TPSA) is 118 Å². The van der Waals surface area contributed by atoms with Gasteiger partial charge in [0.05, 0.1) is 16.3 Å². The van der Waals surface area contributed by atoms with Crippen molar-refractivity contribution >= 4 is 40.3 Å². The van der Waals surface area contributed by atoms with Gasteiger partial charge in [-0.05, 0) is 24.3 Å². The van der Waals surface area contributed by atoms with Crippen LogP contribution in [0.2, 0.25) is 0 Å². The van der Waals surface area contributed by atoms with Crippen LogP contribution in [0.5, 0.6) is 0 Å². The minimum absolute atomic E-state index is 0.0164. The van der Waals surface area contributed by atoms with E-state index in [9.17, 15) is 28.9 Å². The highest BCUT2D eigenvalue weighted by molar-refractivity contribution is 7.14. The Balaban J connectivity index is 1.58. The van der Waals surface area contributed by atoms with Gasteiger partial charge in [0.1, 0.15) is 0 Å². The molecule has 0 saturated carbocycles. The number of halogens is 1. The van der Waals surface area contributed by atoms with Crippen molar-refractivity contribution in [1.29, 1.82) is 0 Å². The van der Waals surface area contributed by atoms with E-state index in [4.69, 9.17) is 0 Å². The maximum absolute atomic E-state index is 13.3. The molecule has 30 heavy (non-hydrogen) atoms. The molecule has 0 radical (unpaired) electrons. The fourth-order valence-electron chi connectivity index (χ4n) is 2.49. The smallest absolute Gasteiger partial charge is 0.313 e. The summed E-state index contributed by atoms with van der Waals surface area (Å²) in [6.45, 7) is 0.0164. The van der Waals surface area contributed by atoms with Gasteiger partial charge in [0.25, 0.3) is 0 Å². The molecule has 2 aromatic carbocycles. The largest absolute Gasteiger partial charge is 0.343 e. The lowest BCUT2D eigenvalue weighted by Gasteiger charge is -2.06. The van der Waals surface area contributed by atoms with E-state index in [0.29, 0.717) is 15.3 Å². The summed E-state index contributed by atoms with van der Waals surface area (Å²) in [7, 11) is 0. The highest BCUT2D eigenvalue weighted by Crippen LogP contribution is 2.22. The zero-order valence-corrected chi connectivity index (χ0v) is 16.1. The van der Waals surface area contributed by atoms with Crippen LogP contribution in [0.1, 0.15) is 20.1 Å². The molecule has 1 heterocycles. The van der Waals surface area contributed by atoms with E-state index < -0.39 is 28.2 Å². The van der Waals surface area contributed by atoms with Crippen LogP contribution in [-0.2, 0) is 16.1 Å². The average molecular weight is 427 g/mol. The Bertz CT molecular complexity index is 1130. The number of amides is 2. The van der Waals surface area contributed by atoms with E-state index in [1.54, 1.807) is 42.5 Å². The molecule has 10 heteroatoms. The van der Waals surface area contributed by atoms with Crippen molar-refractivity contribution in [2.24, 2.45) is 0 Å². The number of nitro groups is 1. The third-order valence-electron chi connectivity index (χ3n) is 3.95. The van der Waals surface area contributed by atoms with Crippen molar-refractivity contribution in [3.8, 4) is 0 Å². The number of carbonyl (C=O) groups is 3. The van der Waals surface area contributed by atoms with Gasteiger partial charge in [0, 0.05) is 22.2 Å². The second kappa shape index (κ2) is 9.05. The first kappa shape index (κ1) is 20.8. The zero-order valence-electron chi connectivity index (χ0n) is 15.3. The van der Waals surface area contributed by atoms with Crippen LogP contribution >= 0.6 is 11.3 Å². The maximum Gasteiger partial charge on any atom is 0.313 e. The minimum Gasteiger partial charge on any atom is -0.343 e. The molecule has 0 bridgehead atoms. The summed E-state index contributed by atoms with van der Waals surface area (Å²) in [6.07, 6.45) is 0. The average Bonchev–Trinajstić information content (AvgIpc) is 3.22. The number of anilines is 1. The molecule has 0 saturated heterocycles. The number of nitro benzene ring substituents is 1. The van der Waals surface area contributed by atoms with E-state index in [1.807, 2.05) is 0 Å². The predicted octanol–water partition coefficient (Wildman–Crippen LogP) is 3.28. The van der Waals surface area contributed by atoms with Gasteiger partial charge in [-0.25, -0.2) is 0 Å². The predicted molar refractivity (Wildman–Crippen MR) is 108 cm³/mol. The van der Waals surface area contributed by atoms with Crippen LogP contribution in [0.25, 0.3) is 0 Å². The monoisotopic (exact) mass is 427 g/mol. The minimum atomic E-state index is -1.06. The summed E-state index contributed by atoms with van der Waals surface area (Å²) in [6, 6.07) is 14.8. The van der Waals surface area contributed by atoms with Crippen LogP contribution in [0.3, 0.4) is 0 Å². The van der Waals surface area contributed by atoms with Gasteiger partial charge in [-0.2, -0.15) is 4.39 Å². The first-order chi connectivity index (χ1) is 14.3. The number of hydrogen-bond donors (Lipinski definition) is 2. The van der Waals surface area contributed by atoms with Crippen LogP contribution in [0.4, 0.5) is 15.8 Å². The van der Waals surface area contributed by atoms with E-state index in [1.165, 1.54) is 11.3 Å². The third-order valence-corrected chi connectivity index (χ3v) is 5.04. The molecule has 3 aromatic rings. The Morgan fingerprint density at radius 1 is 1.00 bits per heavy atom. The summed E-state index contributed by atoms with van der Waals surface area (Å²) < 4.78 is 13.3. The molecule has 0 aliphatic heterocycles. The molecule has 152 valence electrons. The Kier molecular flexibility index (Phi) is 6.28. The van der Waals surface area contributed by atoms with Crippen LogP contribution in [-0.4, -0.2) is 22.5 Å². The highest BCUT2D eigenvalue weighted by Gasteiger charge is 2.19. The number of benzene rings is 2. The molecule has 0 fully saturated rings. The van der Waals surface area contributed by atoms with Crippen molar-refractivity contribution in [2.75, 3.05) is 5.32 Å². The van der Waals surface area contributed by atoms with Gasteiger partial charge in [0.2, 0.25) is 11.6 Å². The molecule has 0 spiro atoms. The number of carbonyl (C=O) groups excluding carboxylic acids is 3. The number of nitrogens with one attached hydrogen (secondary N) is 2. The number of ketones is 1. The van der Waals surface area contributed by atoms with E-state index in [2.05, 4.69) is 10.6 Å². The molecule has 8 nitrogen and oxygen atoms in total. The van der Waals surface area contributed by atoms with Gasteiger partial charge < -0.3 is 10.6 Å². The summed E-state index contributed by atoms with van der Waals surface area (Å²) in [5, 5.41) is 15.3. The Labute approximate surface area is 173 Å². The highest BCUT2D eigenvalue weighted by atomic mass is 32.1. The van der Waals surface area contributed by atoms with Gasteiger partial charge >= 0.3 is 17.5 Å². The fourth-order valence-corrected chi connectivity index (χ4v) is 3.40. The van der Waals surface area contributed by atoms with Crippen molar-refractivity contribution in [1.82, 2.24) is 5.32 Å². The van der Waals surface area contributed by atoms with Gasteiger partial charge in [-0.1, -0.05) is 30.3 Å². The Hall–Kier alpha value is -3.92. The lowest BCUT2D eigenvalue weighted by molar-refractivity contribution is -0.387. The summed E-state index contributed by atoms with van der Waals surface area (Å²) >= 11 is 1.19. The molecule has 0 unspecified atom stereocenters. The quantitative estimate of drug-likeness (QED) is 0.271. The number of rotatable bonds is 6. The standard InChI is InChI=1S/C20H14FN3O5S/c21-15-8-6-13(10-16(15)24(28)29)23-20(27)19(26)22-11-14-7-9-17(30-14)18(25)12-4-2-1-3-5-12/h1-10H,11H2,(H,22,26)(H,23,27).